The molecule has 0 radical (unpaired) electrons. The maximum absolute atomic E-state index is 13.2. The zero-order valence-electron chi connectivity index (χ0n) is 11.8. The number of imidazole rings is 1. The molecule has 1 fully saturated rings. The number of likely N-dealkylation sites (tertiary alicyclic amines) is 1. The van der Waals surface area contributed by atoms with Gasteiger partial charge in [-0.15, -0.1) is 0 Å². The van der Waals surface area contributed by atoms with Crippen LogP contribution in [0.25, 0.3) is 11.0 Å². The zero-order chi connectivity index (χ0) is 14.8. The Morgan fingerprint density at radius 3 is 2.81 bits per heavy atom. The van der Waals surface area contributed by atoms with E-state index in [0.29, 0.717) is 23.3 Å². The summed E-state index contributed by atoms with van der Waals surface area (Å²) in [5.41, 5.74) is 1.51. The number of carbonyl (C=O) groups is 1. The van der Waals surface area contributed by atoms with Crippen LogP contribution in [0.4, 0.5) is 4.39 Å². The van der Waals surface area contributed by atoms with E-state index in [1.165, 1.54) is 18.6 Å². The zero-order valence-corrected chi connectivity index (χ0v) is 12.6. The Kier molecular flexibility index (Phi) is 4.05. The Balaban J connectivity index is 1.74. The van der Waals surface area contributed by atoms with E-state index in [0.717, 1.165) is 31.4 Å². The summed E-state index contributed by atoms with van der Waals surface area (Å²) in [5.74, 6) is -0.122. The predicted molar refractivity (Wildman–Crippen MR) is 82.1 cm³/mol. The number of hydrogen-bond donors (Lipinski definition) is 1. The number of H-pyrrole nitrogens is 1. The van der Waals surface area contributed by atoms with Gasteiger partial charge < -0.3 is 14.5 Å². The largest absolute Gasteiger partial charge is 0.343 e. The number of fused-ring (bicyclic) bond motifs is 1. The van der Waals surface area contributed by atoms with Crippen molar-refractivity contribution in [3.8, 4) is 0 Å². The molecule has 112 valence electrons. The van der Waals surface area contributed by atoms with Crippen LogP contribution in [0.3, 0.4) is 0 Å². The highest BCUT2D eigenvalue weighted by atomic mass is 32.1. The van der Waals surface area contributed by atoms with Gasteiger partial charge >= 0.3 is 0 Å². The van der Waals surface area contributed by atoms with Crippen molar-refractivity contribution in [2.45, 2.75) is 32.2 Å². The quantitative estimate of drug-likeness (QED) is 0.884. The molecule has 2 heterocycles. The summed E-state index contributed by atoms with van der Waals surface area (Å²) in [6.07, 6.45) is 3.83. The molecule has 1 aliphatic rings. The van der Waals surface area contributed by atoms with E-state index < -0.39 is 0 Å². The average Bonchev–Trinajstić information content (AvgIpc) is 2.80. The number of amides is 1. The standard InChI is InChI=1S/C15H18FN3OS/c16-11-4-5-13-12(10-11)17-15(21)19(13)9-6-14(20)18-7-2-1-3-8-18/h4-5,10H,1-3,6-9H2,(H,17,21). The number of aromatic amines is 1. The average molecular weight is 307 g/mol. The molecule has 0 atom stereocenters. The van der Waals surface area contributed by atoms with Crippen molar-refractivity contribution >= 4 is 29.2 Å². The number of rotatable bonds is 3. The van der Waals surface area contributed by atoms with Crippen LogP contribution >= 0.6 is 12.2 Å². The van der Waals surface area contributed by atoms with Crippen molar-refractivity contribution < 1.29 is 9.18 Å². The molecule has 0 spiro atoms. The van der Waals surface area contributed by atoms with Gasteiger partial charge in [0.1, 0.15) is 5.82 Å². The molecule has 21 heavy (non-hydrogen) atoms. The Morgan fingerprint density at radius 2 is 2.05 bits per heavy atom. The number of hydrogen-bond acceptors (Lipinski definition) is 2. The summed E-state index contributed by atoms with van der Waals surface area (Å²) in [7, 11) is 0. The summed E-state index contributed by atoms with van der Waals surface area (Å²) < 4.78 is 15.6. The van der Waals surface area contributed by atoms with Crippen LogP contribution in [0.1, 0.15) is 25.7 Å². The summed E-state index contributed by atoms with van der Waals surface area (Å²) in [4.78, 5) is 17.1. The molecule has 1 aromatic carbocycles. The highest BCUT2D eigenvalue weighted by molar-refractivity contribution is 7.71. The van der Waals surface area contributed by atoms with Gasteiger partial charge in [0.25, 0.3) is 0 Å². The molecule has 1 saturated heterocycles. The molecule has 1 amide bonds. The van der Waals surface area contributed by atoms with Crippen LogP contribution in [0.5, 0.6) is 0 Å². The number of halogens is 1. The first-order valence-electron chi connectivity index (χ1n) is 7.31. The van der Waals surface area contributed by atoms with Crippen LogP contribution in [-0.2, 0) is 11.3 Å². The minimum Gasteiger partial charge on any atom is -0.343 e. The molecule has 1 aromatic heterocycles. The fourth-order valence-electron chi connectivity index (χ4n) is 2.87. The van der Waals surface area contributed by atoms with Gasteiger partial charge in [-0.05, 0) is 49.7 Å². The van der Waals surface area contributed by atoms with Gasteiger partial charge in [-0.1, -0.05) is 0 Å². The van der Waals surface area contributed by atoms with Crippen molar-refractivity contribution in [2.24, 2.45) is 0 Å². The van der Waals surface area contributed by atoms with Crippen LogP contribution in [0, 0.1) is 10.6 Å². The number of benzene rings is 1. The van der Waals surface area contributed by atoms with Crippen molar-refractivity contribution in [1.29, 1.82) is 0 Å². The van der Waals surface area contributed by atoms with Crippen molar-refractivity contribution in [1.82, 2.24) is 14.5 Å². The minimum absolute atomic E-state index is 0.174. The first-order chi connectivity index (χ1) is 10.1. The second-order valence-corrected chi connectivity index (χ2v) is 5.82. The smallest absolute Gasteiger partial charge is 0.224 e. The van der Waals surface area contributed by atoms with Gasteiger partial charge in [-0.2, -0.15) is 0 Å². The summed E-state index contributed by atoms with van der Waals surface area (Å²) in [5, 5.41) is 0. The third kappa shape index (κ3) is 3.00. The van der Waals surface area contributed by atoms with Crippen molar-refractivity contribution in [3.63, 3.8) is 0 Å². The molecule has 0 bridgehead atoms. The van der Waals surface area contributed by atoms with Gasteiger partial charge in [0.15, 0.2) is 4.77 Å². The SMILES string of the molecule is O=C(CCn1c(=S)[nH]c2cc(F)ccc21)N1CCCCC1. The van der Waals surface area contributed by atoms with Crippen LogP contribution < -0.4 is 0 Å². The monoisotopic (exact) mass is 307 g/mol. The van der Waals surface area contributed by atoms with E-state index in [1.54, 1.807) is 6.07 Å². The lowest BCUT2D eigenvalue weighted by atomic mass is 10.1. The van der Waals surface area contributed by atoms with E-state index in [1.807, 2.05) is 9.47 Å². The van der Waals surface area contributed by atoms with Crippen molar-refractivity contribution in [3.05, 3.63) is 28.8 Å². The molecule has 6 heteroatoms. The molecule has 4 nitrogen and oxygen atoms in total. The number of piperidine rings is 1. The minimum atomic E-state index is -0.296. The fourth-order valence-corrected chi connectivity index (χ4v) is 3.17. The van der Waals surface area contributed by atoms with E-state index in [9.17, 15) is 9.18 Å². The lowest BCUT2D eigenvalue weighted by Crippen LogP contribution is -2.36. The van der Waals surface area contributed by atoms with Gasteiger partial charge in [0.2, 0.25) is 5.91 Å². The molecule has 1 aliphatic heterocycles. The summed E-state index contributed by atoms with van der Waals surface area (Å²) in [6.45, 7) is 2.26. The fraction of sp³-hybridized carbons (Fsp3) is 0.467. The van der Waals surface area contributed by atoms with Crippen LogP contribution in [0.2, 0.25) is 0 Å². The van der Waals surface area contributed by atoms with Gasteiger partial charge in [-0.25, -0.2) is 4.39 Å². The number of aryl methyl sites for hydroxylation is 1. The van der Waals surface area contributed by atoms with Crippen LogP contribution in [-0.4, -0.2) is 33.4 Å². The summed E-state index contributed by atoms with van der Waals surface area (Å²) >= 11 is 5.26. The Morgan fingerprint density at radius 1 is 1.29 bits per heavy atom. The topological polar surface area (TPSA) is 41.0 Å². The van der Waals surface area contributed by atoms with Gasteiger partial charge in [0.05, 0.1) is 11.0 Å². The normalized spacial score (nSPS) is 15.6. The highest BCUT2D eigenvalue weighted by Crippen LogP contribution is 2.17. The number of nitrogens with one attached hydrogen (secondary N) is 1. The lowest BCUT2D eigenvalue weighted by Gasteiger charge is -2.26. The van der Waals surface area contributed by atoms with Gasteiger partial charge in [0, 0.05) is 26.1 Å². The molecular formula is C15H18FN3OS. The maximum atomic E-state index is 13.2. The second-order valence-electron chi connectivity index (χ2n) is 5.43. The Hall–Kier alpha value is -1.69. The Labute approximate surface area is 127 Å². The molecule has 0 aliphatic carbocycles. The number of aromatic nitrogens is 2. The maximum Gasteiger partial charge on any atom is 0.224 e. The molecule has 0 unspecified atom stereocenters. The van der Waals surface area contributed by atoms with E-state index >= 15 is 0 Å². The van der Waals surface area contributed by atoms with Crippen LogP contribution in [0.15, 0.2) is 18.2 Å². The molecule has 0 saturated carbocycles. The van der Waals surface area contributed by atoms with E-state index in [2.05, 4.69) is 4.98 Å². The van der Waals surface area contributed by atoms with E-state index in [4.69, 9.17) is 12.2 Å². The third-order valence-corrected chi connectivity index (χ3v) is 4.32. The number of nitrogens with zero attached hydrogens (tertiary/aromatic N) is 2. The first kappa shape index (κ1) is 14.3. The summed E-state index contributed by atoms with van der Waals surface area (Å²) in [6, 6.07) is 4.53. The highest BCUT2D eigenvalue weighted by Gasteiger charge is 2.16. The molecule has 3 rings (SSSR count). The van der Waals surface area contributed by atoms with Gasteiger partial charge in [-0.3, -0.25) is 4.79 Å². The number of carbonyl (C=O) groups excluding carboxylic acids is 1. The molecule has 2 aromatic rings. The van der Waals surface area contributed by atoms with Crippen molar-refractivity contribution in [2.75, 3.05) is 13.1 Å². The predicted octanol–water partition coefficient (Wildman–Crippen LogP) is 3.24. The van der Waals surface area contributed by atoms with E-state index in [-0.39, 0.29) is 11.7 Å². The first-order valence-corrected chi connectivity index (χ1v) is 7.72. The Bertz CT molecular complexity index is 715. The second kappa shape index (κ2) is 5.97. The molecular weight excluding hydrogens is 289 g/mol. The third-order valence-electron chi connectivity index (χ3n) is 3.99. The lowest BCUT2D eigenvalue weighted by molar-refractivity contribution is -0.132. The molecule has 1 N–H and O–H groups in total.